The number of carbonyl (C=O) groups excluding carboxylic acids is 1. The van der Waals surface area contributed by atoms with E-state index in [9.17, 15) is 9.59 Å². The summed E-state index contributed by atoms with van der Waals surface area (Å²) in [6, 6.07) is 14.4. The smallest absolute Gasteiger partial charge is 0.297 e. The summed E-state index contributed by atoms with van der Waals surface area (Å²) < 4.78 is 9.70. The van der Waals surface area contributed by atoms with Gasteiger partial charge in [0.2, 0.25) is 0 Å². The highest BCUT2D eigenvalue weighted by molar-refractivity contribution is 7.18. The fourth-order valence-electron chi connectivity index (χ4n) is 3.79. The minimum atomic E-state index is -0.255. The molecule has 3 aromatic heterocycles. The molecule has 0 aliphatic carbocycles. The van der Waals surface area contributed by atoms with Crippen molar-refractivity contribution in [3.8, 4) is 11.4 Å². The van der Waals surface area contributed by atoms with Gasteiger partial charge in [0.25, 0.3) is 11.5 Å². The number of hydrogen-bond donors (Lipinski definition) is 2. The minimum Gasteiger partial charge on any atom is -0.480 e. The number of imidazole rings is 1. The Morgan fingerprint density at radius 1 is 1.11 bits per heavy atom. The first-order valence-corrected chi connectivity index (χ1v) is 12.5. The zero-order valence-electron chi connectivity index (χ0n) is 20.1. The van der Waals surface area contributed by atoms with E-state index in [1.54, 1.807) is 41.8 Å². The Morgan fingerprint density at radius 2 is 1.89 bits per heavy atom. The number of benzene rings is 1. The van der Waals surface area contributed by atoms with Crippen LogP contribution in [0.1, 0.15) is 15.5 Å². The molecular formula is C25H24ClN7O3S. The van der Waals surface area contributed by atoms with E-state index < -0.39 is 0 Å². The van der Waals surface area contributed by atoms with Gasteiger partial charge in [0.05, 0.1) is 27.1 Å². The molecule has 10 nitrogen and oxygen atoms in total. The van der Waals surface area contributed by atoms with Gasteiger partial charge in [-0.3, -0.25) is 19.2 Å². The monoisotopic (exact) mass is 537 g/mol. The molecule has 0 fully saturated rings. The van der Waals surface area contributed by atoms with Crippen LogP contribution in [-0.4, -0.2) is 38.7 Å². The SMILES string of the molecule is CN1NC(CNC(=O)c2ccc(Cl)s2)=CN1c1ccc(-n2cccc(OCc3nccn3C)c2=O)cc1. The van der Waals surface area contributed by atoms with Gasteiger partial charge in [0.15, 0.2) is 5.75 Å². The van der Waals surface area contributed by atoms with Crippen molar-refractivity contribution >= 4 is 34.5 Å². The molecule has 190 valence electrons. The number of halogens is 1. The number of thiophene rings is 1. The molecule has 0 saturated heterocycles. The molecule has 5 rings (SSSR count). The number of amides is 1. The Kier molecular flexibility index (Phi) is 6.99. The second-order valence-corrected chi connectivity index (χ2v) is 9.94. The Morgan fingerprint density at radius 3 is 2.59 bits per heavy atom. The number of nitrogens with one attached hydrogen (secondary N) is 2. The minimum absolute atomic E-state index is 0.179. The maximum atomic E-state index is 13.0. The van der Waals surface area contributed by atoms with E-state index >= 15 is 0 Å². The summed E-state index contributed by atoms with van der Waals surface area (Å²) in [6.07, 6.45) is 7.12. The fraction of sp³-hybridized carbons (Fsp3) is 0.160. The fourth-order valence-corrected chi connectivity index (χ4v) is 4.75. The molecule has 37 heavy (non-hydrogen) atoms. The molecular weight excluding hydrogens is 514 g/mol. The number of hydrazine groups is 2. The lowest BCUT2D eigenvalue weighted by Crippen LogP contribution is -2.40. The first-order valence-electron chi connectivity index (χ1n) is 11.3. The van der Waals surface area contributed by atoms with E-state index in [1.165, 1.54) is 15.9 Å². The molecule has 0 saturated carbocycles. The number of anilines is 1. The quantitative estimate of drug-likeness (QED) is 0.356. The molecule has 0 unspecified atom stereocenters. The van der Waals surface area contributed by atoms with Crippen molar-refractivity contribution in [1.82, 2.24) is 30.0 Å². The first-order chi connectivity index (χ1) is 17.9. The van der Waals surface area contributed by atoms with Crippen LogP contribution in [0.5, 0.6) is 5.75 Å². The molecule has 1 aliphatic rings. The van der Waals surface area contributed by atoms with Crippen LogP contribution in [0, 0.1) is 0 Å². The average molecular weight is 538 g/mol. The lowest BCUT2D eigenvalue weighted by Gasteiger charge is -2.24. The summed E-state index contributed by atoms with van der Waals surface area (Å²) in [4.78, 5) is 30.1. The number of carbonyl (C=O) groups is 1. The Labute approximate surface area is 221 Å². The first kappa shape index (κ1) is 24.6. The molecule has 0 atom stereocenters. The number of hydrogen-bond acceptors (Lipinski definition) is 8. The topological polar surface area (TPSA) is 96.7 Å². The number of nitrogens with zero attached hydrogens (tertiary/aromatic N) is 5. The second kappa shape index (κ2) is 10.5. The Bertz CT molecular complexity index is 1510. The molecule has 1 aliphatic heterocycles. The highest BCUT2D eigenvalue weighted by Gasteiger charge is 2.20. The van der Waals surface area contributed by atoms with Crippen LogP contribution in [-0.2, 0) is 13.7 Å². The number of aryl methyl sites for hydroxylation is 1. The summed E-state index contributed by atoms with van der Waals surface area (Å²) >= 11 is 7.15. The van der Waals surface area contributed by atoms with E-state index in [-0.39, 0.29) is 23.8 Å². The van der Waals surface area contributed by atoms with Crippen molar-refractivity contribution in [1.29, 1.82) is 0 Å². The molecule has 1 amide bonds. The molecule has 0 spiro atoms. The van der Waals surface area contributed by atoms with Gasteiger partial charge in [-0.1, -0.05) is 11.6 Å². The van der Waals surface area contributed by atoms with Crippen LogP contribution in [0.15, 0.2) is 83.8 Å². The van der Waals surface area contributed by atoms with E-state index in [0.717, 1.165) is 17.2 Å². The van der Waals surface area contributed by atoms with E-state index in [1.807, 2.05) is 60.3 Å². The van der Waals surface area contributed by atoms with Crippen molar-refractivity contribution in [3.05, 3.63) is 104 Å². The lowest BCUT2D eigenvalue weighted by atomic mass is 10.2. The van der Waals surface area contributed by atoms with Gasteiger partial charge in [0.1, 0.15) is 12.4 Å². The van der Waals surface area contributed by atoms with Crippen LogP contribution in [0.25, 0.3) is 5.69 Å². The lowest BCUT2D eigenvalue weighted by molar-refractivity contribution is 0.0959. The second-order valence-electron chi connectivity index (χ2n) is 8.23. The van der Waals surface area contributed by atoms with Crippen molar-refractivity contribution in [2.75, 3.05) is 18.6 Å². The van der Waals surface area contributed by atoms with Gasteiger partial charge in [-0.25, -0.2) is 4.98 Å². The maximum Gasteiger partial charge on any atom is 0.297 e. The van der Waals surface area contributed by atoms with E-state index in [2.05, 4.69) is 15.7 Å². The maximum absolute atomic E-state index is 13.0. The number of ether oxygens (including phenoxy) is 1. The van der Waals surface area contributed by atoms with Crippen LogP contribution in [0.2, 0.25) is 4.34 Å². The zero-order chi connectivity index (χ0) is 25.9. The van der Waals surface area contributed by atoms with Crippen LogP contribution in [0.3, 0.4) is 0 Å². The van der Waals surface area contributed by atoms with E-state index in [0.29, 0.717) is 21.4 Å². The molecule has 4 heterocycles. The van der Waals surface area contributed by atoms with Crippen LogP contribution < -0.4 is 26.0 Å². The highest BCUT2D eigenvalue weighted by atomic mass is 35.5. The molecule has 1 aromatic carbocycles. The molecule has 0 radical (unpaired) electrons. The summed E-state index contributed by atoms with van der Waals surface area (Å²) in [6.45, 7) is 0.528. The standard InChI is InChI=1S/C25H24ClN7O3S/c1-30-13-11-27-23(30)16-36-20-4-3-12-32(25(20)35)18-5-7-19(8-6-18)33-15-17(29-31(33)2)14-28-24(34)21-9-10-22(26)37-21/h3-13,15,29H,14,16H2,1-2H3,(H,28,34). The third-order valence-corrected chi connectivity index (χ3v) is 6.96. The average Bonchev–Trinajstić information content (AvgIpc) is 3.62. The summed E-state index contributed by atoms with van der Waals surface area (Å²) in [5.41, 5.74) is 5.35. The summed E-state index contributed by atoms with van der Waals surface area (Å²) in [5.74, 6) is 0.796. The van der Waals surface area contributed by atoms with Crippen molar-refractivity contribution in [3.63, 3.8) is 0 Å². The predicted octanol–water partition coefficient (Wildman–Crippen LogP) is 3.31. The normalized spacial score (nSPS) is 13.4. The van der Waals surface area contributed by atoms with Gasteiger partial charge >= 0.3 is 0 Å². The Balaban J connectivity index is 1.26. The number of pyridine rings is 1. The predicted molar refractivity (Wildman–Crippen MR) is 143 cm³/mol. The third-order valence-electron chi connectivity index (χ3n) is 5.73. The van der Waals surface area contributed by atoms with Gasteiger partial charge in [-0.2, -0.15) is 0 Å². The third kappa shape index (κ3) is 5.38. The van der Waals surface area contributed by atoms with Gasteiger partial charge in [-0.05, 0) is 48.5 Å². The molecule has 4 aromatic rings. The number of aromatic nitrogens is 3. The van der Waals surface area contributed by atoms with Crippen molar-refractivity contribution < 1.29 is 9.53 Å². The summed E-state index contributed by atoms with van der Waals surface area (Å²) in [5, 5.41) is 6.59. The van der Waals surface area contributed by atoms with Gasteiger partial charge in [-0.15, -0.1) is 16.5 Å². The van der Waals surface area contributed by atoms with Gasteiger partial charge < -0.3 is 20.0 Å². The zero-order valence-corrected chi connectivity index (χ0v) is 21.7. The largest absolute Gasteiger partial charge is 0.480 e. The highest BCUT2D eigenvalue weighted by Crippen LogP contribution is 2.23. The molecule has 12 heteroatoms. The van der Waals surface area contributed by atoms with Gasteiger partial charge in [0, 0.05) is 44.6 Å². The van der Waals surface area contributed by atoms with E-state index in [4.69, 9.17) is 16.3 Å². The van der Waals surface area contributed by atoms with Crippen molar-refractivity contribution in [2.24, 2.45) is 7.05 Å². The Hall–Kier alpha value is -4.06. The molecule has 2 N–H and O–H groups in total. The van der Waals surface area contributed by atoms with Crippen LogP contribution >= 0.6 is 22.9 Å². The van der Waals surface area contributed by atoms with Crippen molar-refractivity contribution in [2.45, 2.75) is 6.61 Å². The molecule has 0 bridgehead atoms. The summed E-state index contributed by atoms with van der Waals surface area (Å²) in [7, 11) is 3.74. The van der Waals surface area contributed by atoms with Crippen LogP contribution in [0.4, 0.5) is 5.69 Å². The number of rotatable bonds is 8.